The molecule has 0 aromatic heterocycles. The number of carbonyl (C=O) groups excluding carboxylic acids is 4. The van der Waals surface area contributed by atoms with Crippen molar-refractivity contribution in [1.82, 2.24) is 10.2 Å². The van der Waals surface area contributed by atoms with Crippen molar-refractivity contribution in [2.24, 2.45) is 11.8 Å². The number of fused-ring (bicyclic) bond motifs is 1. The molecule has 3 atom stereocenters. The Morgan fingerprint density at radius 1 is 0.837 bits per heavy atom. The SMILES string of the molecule is O=C1N[C@H](C(=O)Nc2ccc3ccccc3c2)COC(=O)[C@@H](Cc2ccccc2)CCC=CC[C@@H]1CC(=O)N(CCO)Cc1ccccc1. The number of rotatable bonds is 10. The van der Waals surface area contributed by atoms with Crippen LogP contribution in [0.15, 0.2) is 115 Å². The van der Waals surface area contributed by atoms with Gasteiger partial charge in [-0.3, -0.25) is 19.2 Å². The van der Waals surface area contributed by atoms with Gasteiger partial charge in [-0.1, -0.05) is 103 Å². The molecule has 0 radical (unpaired) electrons. The number of hydrogen-bond donors (Lipinski definition) is 3. The van der Waals surface area contributed by atoms with Gasteiger partial charge in [0.05, 0.1) is 18.4 Å². The molecule has 254 valence electrons. The van der Waals surface area contributed by atoms with Gasteiger partial charge in [0, 0.05) is 25.2 Å². The molecule has 3 N–H and O–H groups in total. The van der Waals surface area contributed by atoms with Crippen LogP contribution in [0.5, 0.6) is 0 Å². The molecular weight excluding hydrogens is 618 g/mol. The number of amides is 3. The Kier molecular flexibility index (Phi) is 12.7. The van der Waals surface area contributed by atoms with Gasteiger partial charge in [0.2, 0.25) is 11.8 Å². The lowest BCUT2D eigenvalue weighted by Crippen LogP contribution is -2.49. The van der Waals surface area contributed by atoms with Crippen LogP contribution in [0.3, 0.4) is 0 Å². The lowest BCUT2D eigenvalue weighted by atomic mass is 9.94. The number of nitrogens with one attached hydrogen (secondary N) is 2. The van der Waals surface area contributed by atoms with E-state index >= 15 is 0 Å². The van der Waals surface area contributed by atoms with E-state index in [1.54, 1.807) is 6.07 Å². The highest BCUT2D eigenvalue weighted by Gasteiger charge is 2.31. The summed E-state index contributed by atoms with van der Waals surface area (Å²) in [5.74, 6) is -3.03. The van der Waals surface area contributed by atoms with E-state index in [0.29, 0.717) is 31.5 Å². The van der Waals surface area contributed by atoms with E-state index in [1.807, 2.05) is 109 Å². The molecule has 4 aromatic rings. The van der Waals surface area contributed by atoms with E-state index < -0.39 is 35.7 Å². The van der Waals surface area contributed by atoms with Crippen molar-refractivity contribution < 1.29 is 29.0 Å². The summed E-state index contributed by atoms with van der Waals surface area (Å²) in [4.78, 5) is 56.1. The smallest absolute Gasteiger partial charge is 0.309 e. The number of aliphatic hydroxyl groups excluding tert-OH is 1. The topological polar surface area (TPSA) is 125 Å². The summed E-state index contributed by atoms with van der Waals surface area (Å²) >= 11 is 0. The van der Waals surface area contributed by atoms with Crippen LogP contribution in [0.1, 0.15) is 36.8 Å². The van der Waals surface area contributed by atoms with Crippen LogP contribution in [0.2, 0.25) is 0 Å². The zero-order chi connectivity index (χ0) is 34.4. The third-order valence-corrected chi connectivity index (χ3v) is 8.70. The van der Waals surface area contributed by atoms with E-state index in [-0.39, 0.29) is 38.5 Å². The molecule has 0 bridgehead atoms. The van der Waals surface area contributed by atoms with Crippen molar-refractivity contribution in [2.75, 3.05) is 25.1 Å². The molecule has 9 nitrogen and oxygen atoms in total. The minimum Gasteiger partial charge on any atom is -0.463 e. The quantitative estimate of drug-likeness (QED) is 0.154. The van der Waals surface area contributed by atoms with Crippen molar-refractivity contribution in [1.29, 1.82) is 0 Å². The van der Waals surface area contributed by atoms with E-state index in [4.69, 9.17) is 4.74 Å². The number of hydrogen-bond acceptors (Lipinski definition) is 6. The van der Waals surface area contributed by atoms with E-state index in [0.717, 1.165) is 21.9 Å². The summed E-state index contributed by atoms with van der Waals surface area (Å²) in [5.41, 5.74) is 2.43. The van der Waals surface area contributed by atoms with Gasteiger partial charge in [0.15, 0.2) is 0 Å². The molecule has 9 heteroatoms. The standard InChI is InChI=1S/C40H43N3O6/c44-23-22-43(27-30-14-6-2-7-15-30)37(45)26-33-18-8-3-9-19-34(24-29-12-4-1-5-13-29)40(48)49-28-36(42-38(33)46)39(47)41-35-21-20-31-16-10-11-17-32(31)25-35/h1-8,10-17,20-21,25,33-34,36,44H,9,18-19,22-24,26-28H2,(H,41,47)(H,42,46)/t33-,34-,36+/m1/s1. The van der Waals surface area contributed by atoms with Crippen LogP contribution in [-0.2, 0) is 36.9 Å². The van der Waals surface area contributed by atoms with Crippen LogP contribution in [0.4, 0.5) is 5.69 Å². The zero-order valence-corrected chi connectivity index (χ0v) is 27.5. The number of carbonyl (C=O) groups is 4. The molecule has 3 amide bonds. The van der Waals surface area contributed by atoms with E-state index in [1.165, 1.54) is 4.90 Å². The molecular formula is C40H43N3O6. The summed E-state index contributed by atoms with van der Waals surface area (Å²) in [5, 5.41) is 17.3. The molecule has 1 aliphatic rings. The van der Waals surface area contributed by atoms with Crippen LogP contribution in [0, 0.1) is 11.8 Å². The Balaban J connectivity index is 1.37. The second kappa shape index (κ2) is 17.8. The van der Waals surface area contributed by atoms with Crippen molar-refractivity contribution in [3.8, 4) is 0 Å². The first-order valence-corrected chi connectivity index (χ1v) is 16.8. The van der Waals surface area contributed by atoms with Crippen molar-refractivity contribution in [3.63, 3.8) is 0 Å². The van der Waals surface area contributed by atoms with Gasteiger partial charge in [0.25, 0.3) is 5.91 Å². The molecule has 0 saturated carbocycles. The van der Waals surface area contributed by atoms with E-state index in [9.17, 15) is 24.3 Å². The molecule has 0 fully saturated rings. The third-order valence-electron chi connectivity index (χ3n) is 8.70. The van der Waals surface area contributed by atoms with E-state index in [2.05, 4.69) is 10.6 Å². The van der Waals surface area contributed by atoms with Crippen molar-refractivity contribution in [3.05, 3.63) is 126 Å². The lowest BCUT2D eigenvalue weighted by Gasteiger charge is -2.26. The minimum absolute atomic E-state index is 0.119. The fraction of sp³-hybridized carbons (Fsp3) is 0.300. The number of aliphatic hydroxyl groups is 1. The number of esters is 1. The molecule has 0 saturated heterocycles. The molecule has 4 aromatic carbocycles. The first-order chi connectivity index (χ1) is 23.9. The zero-order valence-electron chi connectivity index (χ0n) is 27.5. The summed E-state index contributed by atoms with van der Waals surface area (Å²) < 4.78 is 5.74. The first kappa shape index (κ1) is 35.0. The maximum atomic E-state index is 13.8. The van der Waals surface area contributed by atoms with Crippen molar-refractivity contribution in [2.45, 2.75) is 44.7 Å². The Morgan fingerprint density at radius 3 is 2.27 bits per heavy atom. The second-order valence-electron chi connectivity index (χ2n) is 12.3. The number of nitrogens with zero attached hydrogens (tertiary/aromatic N) is 1. The predicted octanol–water partition coefficient (Wildman–Crippen LogP) is 5.43. The van der Waals surface area contributed by atoms with Crippen molar-refractivity contribution >= 4 is 40.2 Å². The Morgan fingerprint density at radius 2 is 1.53 bits per heavy atom. The summed E-state index contributed by atoms with van der Waals surface area (Å²) in [6.07, 6.45) is 5.49. The fourth-order valence-electron chi connectivity index (χ4n) is 5.97. The highest BCUT2D eigenvalue weighted by Crippen LogP contribution is 2.22. The van der Waals surface area contributed by atoms with Crippen LogP contribution in [-0.4, -0.2) is 59.5 Å². The Bertz CT molecular complexity index is 1740. The highest BCUT2D eigenvalue weighted by molar-refractivity contribution is 5.99. The summed E-state index contributed by atoms with van der Waals surface area (Å²) in [6.45, 7) is -0.177. The first-order valence-electron chi connectivity index (χ1n) is 16.8. The largest absolute Gasteiger partial charge is 0.463 e. The monoisotopic (exact) mass is 661 g/mol. The van der Waals surface area contributed by atoms with Gasteiger partial charge < -0.3 is 25.4 Å². The van der Waals surface area contributed by atoms with Crippen LogP contribution < -0.4 is 10.6 Å². The normalized spacial score (nSPS) is 18.7. The average molecular weight is 662 g/mol. The maximum absolute atomic E-state index is 13.8. The lowest BCUT2D eigenvalue weighted by molar-refractivity contribution is -0.150. The fourth-order valence-corrected chi connectivity index (χ4v) is 5.97. The second-order valence-corrected chi connectivity index (χ2v) is 12.3. The molecule has 5 rings (SSSR count). The van der Waals surface area contributed by atoms with Gasteiger partial charge in [-0.05, 0) is 59.7 Å². The number of ether oxygens (including phenoxy) is 1. The van der Waals surface area contributed by atoms with Gasteiger partial charge in [0.1, 0.15) is 12.6 Å². The Labute approximate surface area is 287 Å². The molecule has 0 unspecified atom stereocenters. The number of cyclic esters (lactones) is 1. The highest BCUT2D eigenvalue weighted by atomic mass is 16.5. The maximum Gasteiger partial charge on any atom is 0.309 e. The van der Waals surface area contributed by atoms with Gasteiger partial charge in [-0.15, -0.1) is 0 Å². The minimum atomic E-state index is -1.21. The van der Waals surface area contributed by atoms with Gasteiger partial charge >= 0.3 is 5.97 Å². The molecule has 1 heterocycles. The third kappa shape index (κ3) is 10.4. The molecule has 1 aliphatic heterocycles. The van der Waals surface area contributed by atoms with Crippen LogP contribution in [0.25, 0.3) is 10.8 Å². The molecule has 0 spiro atoms. The predicted molar refractivity (Wildman–Crippen MR) is 189 cm³/mol. The number of allylic oxidation sites excluding steroid dienone is 2. The summed E-state index contributed by atoms with van der Waals surface area (Å²) in [6, 6.07) is 31.2. The van der Waals surface area contributed by atoms with Gasteiger partial charge in [-0.25, -0.2) is 0 Å². The molecule has 49 heavy (non-hydrogen) atoms. The summed E-state index contributed by atoms with van der Waals surface area (Å²) in [7, 11) is 0. The average Bonchev–Trinajstić information content (AvgIpc) is 3.13. The van der Waals surface area contributed by atoms with Gasteiger partial charge in [-0.2, -0.15) is 0 Å². The Hall–Kier alpha value is -5.28. The number of benzene rings is 4. The molecule has 0 aliphatic carbocycles. The van der Waals surface area contributed by atoms with Crippen LogP contribution >= 0.6 is 0 Å². The number of anilines is 1.